The zero-order valence-electron chi connectivity index (χ0n) is 24.0. The summed E-state index contributed by atoms with van der Waals surface area (Å²) >= 11 is 13.4. The first-order chi connectivity index (χ1) is 21.5. The molecular weight excluding hydrogens is 641 g/mol. The van der Waals surface area contributed by atoms with Gasteiger partial charge < -0.3 is 13.6 Å². The standard InChI is InChI=1S/C32H23Cl2N3O7S/c1-4-42-31(39)28-17(3)35-32-36(29(28)26-12-11-24(44-26)18-6-9-22(33)23(34)13-18)30(38)27(45-32)15-20-8-10-25(43-20)21-14-19(37(40)41)7-5-16(21)2/h5-15,29H,4H2,1-3H3/b27-15-/t29-/m0/s1. The molecule has 0 N–H and O–H groups in total. The summed E-state index contributed by atoms with van der Waals surface area (Å²) in [7, 11) is 0. The van der Waals surface area contributed by atoms with E-state index in [1.807, 2.05) is 6.92 Å². The molecule has 1 atom stereocenters. The Morgan fingerprint density at radius 3 is 2.58 bits per heavy atom. The zero-order valence-corrected chi connectivity index (χ0v) is 26.3. The third-order valence-corrected chi connectivity index (χ3v) is 8.94. The fourth-order valence-corrected chi connectivity index (χ4v) is 6.38. The van der Waals surface area contributed by atoms with Crippen LogP contribution in [0, 0.1) is 17.0 Å². The average Bonchev–Trinajstić information content (AvgIpc) is 3.74. The zero-order chi connectivity index (χ0) is 32.0. The highest BCUT2D eigenvalue weighted by Gasteiger charge is 2.35. The number of benzene rings is 2. The minimum Gasteiger partial charge on any atom is -0.463 e. The quantitative estimate of drug-likeness (QED) is 0.106. The van der Waals surface area contributed by atoms with Gasteiger partial charge in [-0.1, -0.05) is 40.6 Å². The van der Waals surface area contributed by atoms with Gasteiger partial charge in [-0.05, 0) is 68.8 Å². The summed E-state index contributed by atoms with van der Waals surface area (Å²) in [5, 5.41) is 12.1. The Labute approximate surface area is 269 Å². The molecule has 0 spiro atoms. The number of rotatable bonds is 7. The van der Waals surface area contributed by atoms with Gasteiger partial charge in [0.05, 0.1) is 37.4 Å². The van der Waals surface area contributed by atoms with Crippen molar-refractivity contribution in [3.8, 4) is 22.6 Å². The number of nitro benzene ring substituents is 1. The molecule has 13 heteroatoms. The largest absolute Gasteiger partial charge is 0.463 e. The number of halogens is 2. The number of aromatic nitrogens is 1. The molecule has 5 aromatic rings. The molecule has 1 aliphatic rings. The number of carbonyl (C=O) groups is 1. The second-order valence-electron chi connectivity index (χ2n) is 10.1. The highest BCUT2D eigenvalue weighted by Crippen LogP contribution is 2.36. The molecule has 0 bridgehead atoms. The Morgan fingerprint density at radius 1 is 1.07 bits per heavy atom. The topological polar surface area (TPSA) is 130 Å². The van der Waals surface area contributed by atoms with Gasteiger partial charge in [0.2, 0.25) is 0 Å². The highest BCUT2D eigenvalue weighted by molar-refractivity contribution is 7.07. The average molecular weight is 665 g/mol. The van der Waals surface area contributed by atoms with Crippen LogP contribution >= 0.6 is 34.5 Å². The minimum absolute atomic E-state index is 0.0603. The third-order valence-electron chi connectivity index (χ3n) is 7.21. The Kier molecular flexibility index (Phi) is 8.08. The monoisotopic (exact) mass is 663 g/mol. The molecule has 45 heavy (non-hydrogen) atoms. The normalized spacial score (nSPS) is 14.8. The summed E-state index contributed by atoms with van der Waals surface area (Å²) in [4.78, 5) is 42.9. The van der Waals surface area contributed by atoms with Crippen LogP contribution in [0.3, 0.4) is 0 Å². The summed E-state index contributed by atoms with van der Waals surface area (Å²) in [5.74, 6) is 0.942. The van der Waals surface area contributed by atoms with Crippen LogP contribution in [0.1, 0.15) is 37.0 Å². The number of ether oxygens (including phenoxy) is 1. The van der Waals surface area contributed by atoms with E-state index < -0.39 is 22.5 Å². The summed E-state index contributed by atoms with van der Waals surface area (Å²) in [5.41, 5.74) is 2.10. The van der Waals surface area contributed by atoms with Crippen molar-refractivity contribution in [1.29, 1.82) is 0 Å². The fraction of sp³-hybridized carbons (Fsp3) is 0.156. The van der Waals surface area contributed by atoms with Crippen molar-refractivity contribution in [3.05, 3.63) is 129 Å². The molecule has 0 saturated heterocycles. The van der Waals surface area contributed by atoms with Gasteiger partial charge in [-0.2, -0.15) is 0 Å². The van der Waals surface area contributed by atoms with Crippen molar-refractivity contribution in [2.75, 3.05) is 6.61 Å². The van der Waals surface area contributed by atoms with Crippen LogP contribution in [0.15, 0.2) is 90.6 Å². The Balaban J connectivity index is 1.45. The molecule has 10 nitrogen and oxygen atoms in total. The van der Waals surface area contributed by atoms with Gasteiger partial charge in [-0.25, -0.2) is 9.79 Å². The van der Waals surface area contributed by atoms with Crippen LogP contribution in [-0.2, 0) is 9.53 Å². The van der Waals surface area contributed by atoms with Crippen molar-refractivity contribution in [3.63, 3.8) is 0 Å². The number of nitrogens with zero attached hydrogens (tertiary/aromatic N) is 3. The van der Waals surface area contributed by atoms with E-state index in [-0.39, 0.29) is 17.9 Å². The van der Waals surface area contributed by atoms with Gasteiger partial charge >= 0.3 is 5.97 Å². The highest BCUT2D eigenvalue weighted by atomic mass is 35.5. The molecule has 0 amide bonds. The Bertz CT molecular complexity index is 2220. The molecule has 2 aromatic carbocycles. The van der Waals surface area contributed by atoms with Crippen LogP contribution in [0.2, 0.25) is 10.0 Å². The van der Waals surface area contributed by atoms with Crippen LogP contribution in [-0.4, -0.2) is 22.1 Å². The lowest BCUT2D eigenvalue weighted by Gasteiger charge is -2.22. The molecule has 0 radical (unpaired) electrons. The van der Waals surface area contributed by atoms with E-state index in [4.69, 9.17) is 36.8 Å². The lowest BCUT2D eigenvalue weighted by molar-refractivity contribution is -0.384. The van der Waals surface area contributed by atoms with Crippen molar-refractivity contribution in [1.82, 2.24) is 4.57 Å². The van der Waals surface area contributed by atoms with Crippen LogP contribution in [0.5, 0.6) is 0 Å². The van der Waals surface area contributed by atoms with E-state index in [2.05, 4.69) is 4.99 Å². The summed E-state index contributed by atoms with van der Waals surface area (Å²) in [6.07, 6.45) is 1.57. The first kappa shape index (κ1) is 30.3. The van der Waals surface area contributed by atoms with E-state index >= 15 is 0 Å². The molecule has 0 aliphatic carbocycles. The second-order valence-corrected chi connectivity index (χ2v) is 11.9. The molecule has 3 aromatic heterocycles. The molecule has 0 saturated carbocycles. The Hall–Kier alpha value is -4.71. The van der Waals surface area contributed by atoms with Gasteiger partial charge in [0.15, 0.2) is 4.80 Å². The molecular formula is C32H23Cl2N3O7S. The number of hydrogen-bond donors (Lipinski definition) is 0. The van der Waals surface area contributed by atoms with E-state index in [9.17, 15) is 19.7 Å². The summed E-state index contributed by atoms with van der Waals surface area (Å²) in [6, 6.07) is 15.4. The smallest absolute Gasteiger partial charge is 0.338 e. The lowest BCUT2D eigenvalue weighted by Crippen LogP contribution is -2.39. The number of aryl methyl sites for hydroxylation is 1. The van der Waals surface area contributed by atoms with E-state index in [0.717, 1.165) is 16.9 Å². The predicted molar refractivity (Wildman–Crippen MR) is 170 cm³/mol. The number of allylic oxidation sites excluding steroid dienone is 1. The summed E-state index contributed by atoms with van der Waals surface area (Å²) < 4.78 is 19.3. The predicted octanol–water partition coefficient (Wildman–Crippen LogP) is 6.84. The van der Waals surface area contributed by atoms with Gasteiger partial charge in [-0.3, -0.25) is 19.5 Å². The number of furan rings is 2. The van der Waals surface area contributed by atoms with E-state index in [0.29, 0.717) is 59.2 Å². The van der Waals surface area contributed by atoms with Crippen LogP contribution in [0.4, 0.5) is 5.69 Å². The molecule has 228 valence electrons. The minimum atomic E-state index is -0.960. The summed E-state index contributed by atoms with van der Waals surface area (Å²) in [6.45, 7) is 5.33. The SMILES string of the molecule is CCOC(=O)C1=C(C)N=c2s/c(=C\c3ccc(-c4cc([N+](=O)[O-])ccc4C)o3)c(=O)n2[C@H]1c1ccc(-c2ccc(Cl)c(Cl)c2)o1. The second kappa shape index (κ2) is 12.0. The molecule has 0 unspecified atom stereocenters. The van der Waals surface area contributed by atoms with Gasteiger partial charge in [0.25, 0.3) is 11.2 Å². The number of fused-ring (bicyclic) bond motifs is 1. The van der Waals surface area contributed by atoms with Gasteiger partial charge in [-0.15, -0.1) is 0 Å². The number of thiazole rings is 1. The number of hydrogen-bond acceptors (Lipinski definition) is 9. The number of carbonyl (C=O) groups excluding carboxylic acids is 1. The first-order valence-corrected chi connectivity index (χ1v) is 15.2. The van der Waals surface area contributed by atoms with Gasteiger partial charge in [0.1, 0.15) is 29.1 Å². The maximum Gasteiger partial charge on any atom is 0.338 e. The maximum atomic E-state index is 14.0. The molecule has 0 fully saturated rings. The van der Waals surface area contributed by atoms with Gasteiger partial charge in [0, 0.05) is 29.3 Å². The van der Waals surface area contributed by atoms with Crippen LogP contribution < -0.4 is 14.9 Å². The lowest BCUT2D eigenvalue weighted by atomic mass is 10.0. The molecule has 6 rings (SSSR count). The third kappa shape index (κ3) is 5.66. The van der Waals surface area contributed by atoms with E-state index in [1.54, 1.807) is 68.5 Å². The fourth-order valence-electron chi connectivity index (χ4n) is 5.06. The number of nitro groups is 1. The van der Waals surface area contributed by atoms with Crippen molar-refractivity contribution < 1.29 is 23.3 Å². The molecule has 4 heterocycles. The van der Waals surface area contributed by atoms with Crippen molar-refractivity contribution in [2.45, 2.75) is 26.8 Å². The van der Waals surface area contributed by atoms with Crippen molar-refractivity contribution in [2.24, 2.45) is 4.99 Å². The maximum absolute atomic E-state index is 14.0. The van der Waals surface area contributed by atoms with E-state index in [1.165, 1.54) is 16.7 Å². The van der Waals surface area contributed by atoms with Crippen molar-refractivity contribution >= 4 is 52.3 Å². The molecule has 1 aliphatic heterocycles. The Morgan fingerprint density at radius 2 is 1.84 bits per heavy atom. The first-order valence-electron chi connectivity index (χ1n) is 13.7. The van der Waals surface area contributed by atoms with Crippen LogP contribution in [0.25, 0.3) is 28.7 Å². The number of esters is 1. The number of non-ortho nitro benzene ring substituents is 1.